The molecule has 1 unspecified atom stereocenters. The van der Waals surface area contributed by atoms with Crippen LogP contribution in [0.15, 0.2) is 45.0 Å². The van der Waals surface area contributed by atoms with Crippen molar-refractivity contribution in [3.05, 3.63) is 56.7 Å². The summed E-state index contributed by atoms with van der Waals surface area (Å²) < 4.78 is 4.23. The highest BCUT2D eigenvalue weighted by atomic mass is 16.3. The van der Waals surface area contributed by atoms with Gasteiger partial charge >= 0.3 is 5.69 Å². The van der Waals surface area contributed by atoms with Crippen LogP contribution in [0.4, 0.5) is 5.95 Å². The second-order valence-electron chi connectivity index (χ2n) is 6.53. The minimum absolute atomic E-state index is 0.125. The molecule has 0 radical (unpaired) electrons. The van der Waals surface area contributed by atoms with Crippen LogP contribution < -0.4 is 16.3 Å². The highest BCUT2D eigenvalue weighted by Crippen LogP contribution is 2.31. The lowest BCUT2D eigenvalue weighted by molar-refractivity contribution is 0.300. The maximum Gasteiger partial charge on any atom is 0.332 e. The van der Waals surface area contributed by atoms with Crippen molar-refractivity contribution in [2.45, 2.75) is 13.0 Å². The molecule has 4 rings (SSSR count). The van der Waals surface area contributed by atoms with E-state index in [9.17, 15) is 14.7 Å². The second kappa shape index (κ2) is 6.20. The van der Waals surface area contributed by atoms with Crippen LogP contribution in [-0.4, -0.2) is 42.7 Å². The average molecular weight is 368 g/mol. The summed E-state index contributed by atoms with van der Waals surface area (Å²) in [6.45, 7) is 2.04. The fourth-order valence-corrected chi connectivity index (χ4v) is 3.49. The standard InChI is InChI=1S/C18H20N6O3/c1-11-13(12-7-5-4-6-8-12)20-23(9-10-25)17-19-15-14(24(11)17)16(26)22(3)18(27)21(15)2/h4-8,11,25H,9-10H2,1-3H3. The Kier molecular flexibility index (Phi) is 3.96. The molecule has 0 bridgehead atoms. The van der Waals surface area contributed by atoms with Gasteiger partial charge in [-0.3, -0.25) is 18.5 Å². The number of benzene rings is 1. The summed E-state index contributed by atoms with van der Waals surface area (Å²) in [6, 6.07) is 9.39. The number of nitrogens with zero attached hydrogens (tertiary/aromatic N) is 6. The summed E-state index contributed by atoms with van der Waals surface area (Å²) in [5.41, 5.74) is 1.48. The van der Waals surface area contributed by atoms with Gasteiger partial charge in [0.25, 0.3) is 5.56 Å². The first-order valence-electron chi connectivity index (χ1n) is 8.66. The summed E-state index contributed by atoms with van der Waals surface area (Å²) in [5.74, 6) is 0.435. The highest BCUT2D eigenvalue weighted by molar-refractivity contribution is 6.05. The monoisotopic (exact) mass is 368 g/mol. The number of rotatable bonds is 3. The molecule has 1 aliphatic rings. The lowest BCUT2D eigenvalue weighted by atomic mass is 10.0. The normalized spacial score (nSPS) is 16.5. The van der Waals surface area contributed by atoms with Gasteiger partial charge in [-0.05, 0) is 12.5 Å². The van der Waals surface area contributed by atoms with E-state index in [1.165, 1.54) is 11.6 Å². The molecule has 140 valence electrons. The zero-order valence-electron chi connectivity index (χ0n) is 15.3. The Balaban J connectivity index is 2.05. The van der Waals surface area contributed by atoms with Gasteiger partial charge in [-0.1, -0.05) is 30.3 Å². The van der Waals surface area contributed by atoms with Crippen LogP contribution in [0.1, 0.15) is 18.5 Å². The first-order chi connectivity index (χ1) is 13.0. The second-order valence-corrected chi connectivity index (χ2v) is 6.53. The number of hydrazone groups is 1. The van der Waals surface area contributed by atoms with Gasteiger partial charge in [0, 0.05) is 14.1 Å². The van der Waals surface area contributed by atoms with Crippen molar-refractivity contribution in [1.29, 1.82) is 0 Å². The number of imidazole rings is 1. The number of aliphatic hydroxyl groups excluding tert-OH is 1. The zero-order valence-corrected chi connectivity index (χ0v) is 15.3. The Labute approximate surface area is 154 Å². The van der Waals surface area contributed by atoms with Crippen LogP contribution >= 0.6 is 0 Å². The molecule has 9 heteroatoms. The van der Waals surface area contributed by atoms with Gasteiger partial charge in [0.2, 0.25) is 5.95 Å². The van der Waals surface area contributed by atoms with E-state index >= 15 is 0 Å². The molecule has 1 atom stereocenters. The topological polar surface area (TPSA) is 97.7 Å². The first kappa shape index (κ1) is 17.2. The molecule has 0 amide bonds. The number of aromatic nitrogens is 4. The predicted molar refractivity (Wildman–Crippen MR) is 102 cm³/mol. The van der Waals surface area contributed by atoms with E-state index in [1.807, 2.05) is 37.3 Å². The molecule has 2 aromatic heterocycles. The minimum Gasteiger partial charge on any atom is -0.394 e. The quantitative estimate of drug-likeness (QED) is 0.713. The molecule has 3 heterocycles. The summed E-state index contributed by atoms with van der Waals surface area (Å²) in [7, 11) is 3.04. The van der Waals surface area contributed by atoms with Gasteiger partial charge in [0.15, 0.2) is 11.2 Å². The fraction of sp³-hybridized carbons (Fsp3) is 0.333. The Bertz CT molecular complexity index is 1170. The van der Waals surface area contributed by atoms with E-state index in [2.05, 4.69) is 10.1 Å². The van der Waals surface area contributed by atoms with E-state index in [4.69, 9.17) is 0 Å². The van der Waals surface area contributed by atoms with E-state index < -0.39 is 11.2 Å². The molecule has 1 N–H and O–H groups in total. The molecule has 3 aromatic rings. The molecule has 1 aromatic carbocycles. The number of anilines is 1. The van der Waals surface area contributed by atoms with Gasteiger partial charge in [0.1, 0.15) is 0 Å². The van der Waals surface area contributed by atoms with Crippen LogP contribution in [-0.2, 0) is 14.1 Å². The number of aliphatic hydroxyl groups is 1. The molecule has 0 fully saturated rings. The molecule has 27 heavy (non-hydrogen) atoms. The van der Waals surface area contributed by atoms with E-state index in [0.717, 1.165) is 15.8 Å². The minimum atomic E-state index is -0.437. The third-order valence-electron chi connectivity index (χ3n) is 4.90. The number of β-amino-alcohol motifs (C(OH)–C–C–N with tert-alkyl or cyclic N) is 1. The molecule has 0 aliphatic carbocycles. The van der Waals surface area contributed by atoms with Crippen molar-refractivity contribution >= 4 is 22.8 Å². The number of aryl methyl sites for hydroxylation is 1. The van der Waals surface area contributed by atoms with E-state index in [0.29, 0.717) is 17.1 Å². The number of hydrogen-bond donors (Lipinski definition) is 1. The van der Waals surface area contributed by atoms with Crippen molar-refractivity contribution in [3.63, 3.8) is 0 Å². The molecular formula is C18H20N6O3. The van der Waals surface area contributed by atoms with Crippen LogP contribution in [0.5, 0.6) is 0 Å². The summed E-state index contributed by atoms with van der Waals surface area (Å²) >= 11 is 0. The number of fused-ring (bicyclic) bond motifs is 3. The third-order valence-corrected chi connectivity index (χ3v) is 4.90. The van der Waals surface area contributed by atoms with Gasteiger partial charge in [-0.25, -0.2) is 9.80 Å². The lowest BCUT2D eigenvalue weighted by Gasteiger charge is -2.30. The van der Waals surface area contributed by atoms with Crippen LogP contribution in [0.25, 0.3) is 11.2 Å². The van der Waals surface area contributed by atoms with Gasteiger partial charge in [-0.2, -0.15) is 10.1 Å². The maximum absolute atomic E-state index is 12.9. The van der Waals surface area contributed by atoms with E-state index in [-0.39, 0.29) is 19.2 Å². The van der Waals surface area contributed by atoms with Crippen molar-refractivity contribution in [1.82, 2.24) is 18.7 Å². The average Bonchev–Trinajstić information content (AvgIpc) is 3.09. The molecule has 0 saturated carbocycles. The molecule has 9 nitrogen and oxygen atoms in total. The lowest BCUT2D eigenvalue weighted by Crippen LogP contribution is -2.39. The summed E-state index contributed by atoms with van der Waals surface area (Å²) in [5, 5.41) is 15.7. The molecular weight excluding hydrogens is 348 g/mol. The summed E-state index contributed by atoms with van der Waals surface area (Å²) in [4.78, 5) is 29.7. The zero-order chi connectivity index (χ0) is 19.3. The highest BCUT2D eigenvalue weighted by Gasteiger charge is 2.32. The molecule has 1 aliphatic heterocycles. The smallest absolute Gasteiger partial charge is 0.332 e. The molecule has 0 spiro atoms. The fourth-order valence-electron chi connectivity index (χ4n) is 3.49. The van der Waals surface area contributed by atoms with Gasteiger partial charge in [0.05, 0.1) is 24.9 Å². The maximum atomic E-state index is 12.9. The van der Waals surface area contributed by atoms with Crippen molar-refractivity contribution in [3.8, 4) is 0 Å². The Morgan fingerprint density at radius 3 is 2.48 bits per heavy atom. The summed E-state index contributed by atoms with van der Waals surface area (Å²) in [6.07, 6.45) is 0. The first-order valence-corrected chi connectivity index (χ1v) is 8.66. The largest absolute Gasteiger partial charge is 0.394 e. The van der Waals surface area contributed by atoms with Gasteiger partial charge in [-0.15, -0.1) is 0 Å². The van der Waals surface area contributed by atoms with Gasteiger partial charge < -0.3 is 5.11 Å². The van der Waals surface area contributed by atoms with Crippen LogP contribution in [0, 0.1) is 0 Å². The predicted octanol–water partition coefficient (Wildman–Crippen LogP) is 0.211. The van der Waals surface area contributed by atoms with Crippen molar-refractivity contribution < 1.29 is 5.11 Å². The number of hydrogen-bond acceptors (Lipinski definition) is 6. The molecule has 0 saturated heterocycles. The van der Waals surface area contributed by atoms with Crippen LogP contribution in [0.2, 0.25) is 0 Å². The van der Waals surface area contributed by atoms with Crippen molar-refractivity contribution in [2.75, 3.05) is 18.2 Å². The third kappa shape index (κ3) is 2.42. The Morgan fingerprint density at radius 1 is 1.11 bits per heavy atom. The van der Waals surface area contributed by atoms with E-state index in [1.54, 1.807) is 16.6 Å². The van der Waals surface area contributed by atoms with Crippen molar-refractivity contribution in [2.24, 2.45) is 19.2 Å². The Morgan fingerprint density at radius 2 is 1.81 bits per heavy atom. The Hall–Kier alpha value is -3.20. The van der Waals surface area contributed by atoms with Crippen LogP contribution in [0.3, 0.4) is 0 Å². The SMILES string of the molecule is CC1C(c2ccccc2)=NN(CCO)c2nc3c(c(=O)n(C)c(=O)n3C)n21.